The van der Waals surface area contributed by atoms with Crippen LogP contribution in [0.1, 0.15) is 34.8 Å². The van der Waals surface area contributed by atoms with E-state index in [0.717, 1.165) is 31.5 Å². The lowest BCUT2D eigenvalue weighted by Crippen LogP contribution is -2.41. The molecule has 3 rings (SSSR count). The van der Waals surface area contributed by atoms with Gasteiger partial charge in [0.05, 0.1) is 12.6 Å². The molecule has 0 bridgehead atoms. The molecule has 0 saturated carbocycles. The maximum atomic E-state index is 12.2. The predicted molar refractivity (Wildman–Crippen MR) is 107 cm³/mol. The number of hydrogen-bond acceptors (Lipinski definition) is 3. The number of carbonyl (C=O) groups is 2. The Bertz CT molecular complexity index is 776. The van der Waals surface area contributed by atoms with E-state index in [1.54, 1.807) is 24.3 Å². The van der Waals surface area contributed by atoms with Crippen molar-refractivity contribution in [3.8, 4) is 0 Å². The summed E-state index contributed by atoms with van der Waals surface area (Å²) >= 11 is 6.39. The number of carbonyl (C=O) groups excluding carboxylic acids is 2. The van der Waals surface area contributed by atoms with Crippen LogP contribution < -0.4 is 10.6 Å². The summed E-state index contributed by atoms with van der Waals surface area (Å²) in [6.45, 7) is 2.40. The van der Waals surface area contributed by atoms with E-state index in [1.807, 2.05) is 30.3 Å². The maximum absolute atomic E-state index is 12.2. The highest BCUT2D eigenvalue weighted by Gasteiger charge is 2.25. The van der Waals surface area contributed by atoms with Gasteiger partial charge in [-0.3, -0.25) is 14.5 Å². The molecule has 2 amide bonds. The van der Waals surface area contributed by atoms with E-state index in [9.17, 15) is 9.59 Å². The van der Waals surface area contributed by atoms with E-state index in [4.69, 9.17) is 11.6 Å². The first kappa shape index (κ1) is 19.4. The van der Waals surface area contributed by atoms with Crippen molar-refractivity contribution in [2.75, 3.05) is 26.2 Å². The van der Waals surface area contributed by atoms with Crippen LogP contribution >= 0.6 is 11.6 Å². The van der Waals surface area contributed by atoms with Gasteiger partial charge in [0.25, 0.3) is 5.91 Å². The summed E-state index contributed by atoms with van der Waals surface area (Å²) in [5.74, 6) is -0.469. The molecule has 0 aliphatic carbocycles. The summed E-state index contributed by atoms with van der Waals surface area (Å²) < 4.78 is 0. The van der Waals surface area contributed by atoms with Crippen LogP contribution in [0.25, 0.3) is 0 Å². The number of nitrogens with zero attached hydrogens (tertiary/aromatic N) is 1. The van der Waals surface area contributed by atoms with Gasteiger partial charge in [0, 0.05) is 17.1 Å². The van der Waals surface area contributed by atoms with Crippen LogP contribution in [0.3, 0.4) is 0 Å². The van der Waals surface area contributed by atoms with Gasteiger partial charge in [0.2, 0.25) is 5.91 Å². The van der Waals surface area contributed by atoms with Crippen LogP contribution in [-0.2, 0) is 4.79 Å². The zero-order valence-corrected chi connectivity index (χ0v) is 15.9. The molecular weight excluding hydrogens is 362 g/mol. The van der Waals surface area contributed by atoms with Crippen LogP contribution in [0.15, 0.2) is 54.6 Å². The van der Waals surface area contributed by atoms with Crippen molar-refractivity contribution in [2.45, 2.75) is 18.9 Å². The van der Waals surface area contributed by atoms with Gasteiger partial charge >= 0.3 is 0 Å². The Balaban J connectivity index is 1.56. The van der Waals surface area contributed by atoms with Gasteiger partial charge in [-0.15, -0.1) is 0 Å². The first-order valence-corrected chi connectivity index (χ1v) is 9.61. The van der Waals surface area contributed by atoms with Gasteiger partial charge in [-0.05, 0) is 49.7 Å². The van der Waals surface area contributed by atoms with Crippen LogP contribution in [0, 0.1) is 0 Å². The number of hydrogen-bond donors (Lipinski definition) is 2. The summed E-state index contributed by atoms with van der Waals surface area (Å²) in [7, 11) is 0. The second-order valence-electron chi connectivity index (χ2n) is 6.63. The van der Waals surface area contributed by atoms with Gasteiger partial charge in [0.1, 0.15) is 0 Å². The SMILES string of the molecule is O=C(CNC(=O)c1ccccc1)NCC(c1ccccc1Cl)N1CCCC1. The number of benzene rings is 2. The third-order valence-corrected chi connectivity index (χ3v) is 5.13. The van der Waals surface area contributed by atoms with Crippen molar-refractivity contribution in [1.29, 1.82) is 0 Å². The Kier molecular flexibility index (Phi) is 6.85. The molecule has 6 heteroatoms. The van der Waals surface area contributed by atoms with E-state index >= 15 is 0 Å². The highest BCUT2D eigenvalue weighted by atomic mass is 35.5. The van der Waals surface area contributed by atoms with Gasteiger partial charge in [-0.25, -0.2) is 0 Å². The van der Waals surface area contributed by atoms with Crippen molar-refractivity contribution in [2.24, 2.45) is 0 Å². The molecule has 1 atom stereocenters. The molecule has 1 aliphatic rings. The molecule has 1 heterocycles. The van der Waals surface area contributed by atoms with Gasteiger partial charge in [-0.2, -0.15) is 0 Å². The fourth-order valence-corrected chi connectivity index (χ4v) is 3.62. The summed E-state index contributed by atoms with van der Waals surface area (Å²) in [5, 5.41) is 6.30. The Labute approximate surface area is 164 Å². The van der Waals surface area contributed by atoms with Crippen molar-refractivity contribution in [3.63, 3.8) is 0 Å². The second kappa shape index (κ2) is 9.53. The van der Waals surface area contributed by atoms with E-state index in [1.165, 1.54) is 0 Å². The Hall–Kier alpha value is -2.37. The van der Waals surface area contributed by atoms with Crippen LogP contribution in [-0.4, -0.2) is 42.9 Å². The number of amides is 2. The number of rotatable bonds is 7. The Morgan fingerprint density at radius 3 is 2.33 bits per heavy atom. The van der Waals surface area contributed by atoms with Crippen LogP contribution in [0.4, 0.5) is 0 Å². The first-order valence-electron chi connectivity index (χ1n) is 9.23. The molecule has 142 valence electrons. The molecule has 1 saturated heterocycles. The minimum atomic E-state index is -0.257. The summed E-state index contributed by atoms with van der Waals surface area (Å²) in [6, 6.07) is 16.7. The zero-order valence-electron chi connectivity index (χ0n) is 15.2. The second-order valence-corrected chi connectivity index (χ2v) is 7.04. The van der Waals surface area contributed by atoms with Crippen molar-refractivity contribution in [1.82, 2.24) is 15.5 Å². The molecule has 27 heavy (non-hydrogen) atoms. The molecule has 2 N–H and O–H groups in total. The molecule has 0 aromatic heterocycles. The maximum Gasteiger partial charge on any atom is 0.251 e. The number of halogens is 1. The fraction of sp³-hybridized carbons (Fsp3) is 0.333. The van der Waals surface area contributed by atoms with E-state index in [2.05, 4.69) is 15.5 Å². The highest BCUT2D eigenvalue weighted by molar-refractivity contribution is 6.31. The van der Waals surface area contributed by atoms with Crippen molar-refractivity contribution >= 4 is 23.4 Å². The van der Waals surface area contributed by atoms with Gasteiger partial charge in [0.15, 0.2) is 0 Å². The standard InChI is InChI=1S/C21H24ClN3O2/c22-18-11-5-4-10-17(18)19(25-12-6-7-13-25)14-23-20(26)15-24-21(27)16-8-2-1-3-9-16/h1-5,8-11,19H,6-7,12-15H2,(H,23,26)(H,24,27). The zero-order chi connectivity index (χ0) is 19.1. The first-order chi connectivity index (χ1) is 13.1. The van der Waals surface area contributed by atoms with E-state index in [-0.39, 0.29) is 24.4 Å². The third kappa shape index (κ3) is 5.31. The van der Waals surface area contributed by atoms with Crippen molar-refractivity contribution < 1.29 is 9.59 Å². The minimum absolute atomic E-state index is 0.0370. The summed E-state index contributed by atoms with van der Waals surface area (Å²) in [6.07, 6.45) is 2.31. The van der Waals surface area contributed by atoms with E-state index < -0.39 is 0 Å². The quantitative estimate of drug-likeness (QED) is 0.770. The van der Waals surface area contributed by atoms with Crippen molar-refractivity contribution in [3.05, 3.63) is 70.7 Å². The topological polar surface area (TPSA) is 61.4 Å². The monoisotopic (exact) mass is 385 g/mol. The van der Waals surface area contributed by atoms with Gasteiger partial charge < -0.3 is 10.6 Å². The van der Waals surface area contributed by atoms with Gasteiger partial charge in [-0.1, -0.05) is 48.0 Å². The third-order valence-electron chi connectivity index (χ3n) is 4.78. The lowest BCUT2D eigenvalue weighted by Gasteiger charge is -2.29. The molecular formula is C21H24ClN3O2. The Morgan fingerprint density at radius 2 is 1.63 bits per heavy atom. The molecule has 2 aromatic carbocycles. The predicted octanol–water partition coefficient (Wildman–Crippen LogP) is 3.02. The normalized spacial score (nSPS) is 15.3. The molecule has 5 nitrogen and oxygen atoms in total. The number of nitrogens with one attached hydrogen (secondary N) is 2. The smallest absolute Gasteiger partial charge is 0.251 e. The Morgan fingerprint density at radius 1 is 0.963 bits per heavy atom. The average molecular weight is 386 g/mol. The van der Waals surface area contributed by atoms with Crippen LogP contribution in [0.5, 0.6) is 0 Å². The summed E-state index contributed by atoms with van der Waals surface area (Å²) in [4.78, 5) is 26.6. The molecule has 1 aliphatic heterocycles. The average Bonchev–Trinajstić information content (AvgIpc) is 3.23. The fourth-order valence-electron chi connectivity index (χ4n) is 3.36. The molecule has 0 spiro atoms. The molecule has 1 unspecified atom stereocenters. The minimum Gasteiger partial charge on any atom is -0.353 e. The molecule has 2 aromatic rings. The largest absolute Gasteiger partial charge is 0.353 e. The highest BCUT2D eigenvalue weighted by Crippen LogP contribution is 2.29. The summed E-state index contributed by atoms with van der Waals surface area (Å²) in [5.41, 5.74) is 1.56. The molecule has 1 fully saturated rings. The number of likely N-dealkylation sites (tertiary alicyclic amines) is 1. The van der Waals surface area contributed by atoms with E-state index in [0.29, 0.717) is 17.1 Å². The van der Waals surface area contributed by atoms with Crippen LogP contribution in [0.2, 0.25) is 5.02 Å². The molecule has 0 radical (unpaired) electrons. The lowest BCUT2D eigenvalue weighted by atomic mass is 10.1. The lowest BCUT2D eigenvalue weighted by molar-refractivity contribution is -0.120.